The maximum atomic E-state index is 11.7. The Morgan fingerprint density at radius 2 is 2.22 bits per heavy atom. The lowest BCUT2D eigenvalue weighted by Crippen LogP contribution is -2.09. The SMILES string of the molecule is CCOC(=O)c1cnc2c(OC)cccc2c1N. The lowest BCUT2D eigenvalue weighted by Gasteiger charge is -2.09. The molecule has 94 valence electrons. The standard InChI is InChI=1S/C13H14N2O3/c1-3-18-13(16)9-7-15-12-8(11(9)14)5-4-6-10(12)17-2/h4-7H,3H2,1-2H3,(H2,14,15). The molecule has 2 N–H and O–H groups in total. The summed E-state index contributed by atoms with van der Waals surface area (Å²) in [6.45, 7) is 2.04. The van der Waals surface area contributed by atoms with Crippen LogP contribution in [0.4, 0.5) is 5.69 Å². The Balaban J connectivity index is 2.61. The van der Waals surface area contributed by atoms with Crippen molar-refractivity contribution in [1.82, 2.24) is 4.98 Å². The smallest absolute Gasteiger partial charge is 0.341 e. The molecule has 0 spiro atoms. The summed E-state index contributed by atoms with van der Waals surface area (Å²) in [7, 11) is 1.56. The molecule has 0 saturated heterocycles. The summed E-state index contributed by atoms with van der Waals surface area (Å²) in [5.41, 5.74) is 7.24. The number of rotatable bonds is 3. The van der Waals surface area contributed by atoms with Crippen molar-refractivity contribution in [2.75, 3.05) is 19.5 Å². The molecule has 1 aromatic carbocycles. The van der Waals surface area contributed by atoms with E-state index in [1.165, 1.54) is 6.20 Å². The predicted octanol–water partition coefficient (Wildman–Crippen LogP) is 2.00. The number of pyridine rings is 1. The maximum absolute atomic E-state index is 11.7. The molecule has 0 aliphatic rings. The Hall–Kier alpha value is -2.30. The lowest BCUT2D eigenvalue weighted by molar-refractivity contribution is 0.0527. The molecule has 0 fully saturated rings. The first kappa shape index (κ1) is 12.2. The van der Waals surface area contributed by atoms with Crippen LogP contribution in [-0.2, 0) is 4.74 Å². The Kier molecular flexibility index (Phi) is 3.32. The second-order valence-corrected chi connectivity index (χ2v) is 3.66. The third-order valence-electron chi connectivity index (χ3n) is 2.62. The van der Waals surface area contributed by atoms with E-state index < -0.39 is 5.97 Å². The average Bonchev–Trinajstić information content (AvgIpc) is 2.39. The van der Waals surface area contributed by atoms with Crippen molar-refractivity contribution in [1.29, 1.82) is 0 Å². The first-order valence-electron chi connectivity index (χ1n) is 5.57. The molecule has 0 saturated carbocycles. The summed E-state index contributed by atoms with van der Waals surface area (Å²) in [5, 5.41) is 0.680. The Bertz CT molecular complexity index is 596. The number of nitrogen functional groups attached to an aromatic ring is 1. The van der Waals surface area contributed by atoms with Gasteiger partial charge < -0.3 is 15.2 Å². The summed E-state index contributed by atoms with van der Waals surface area (Å²) in [6, 6.07) is 5.38. The summed E-state index contributed by atoms with van der Waals surface area (Å²) < 4.78 is 10.1. The van der Waals surface area contributed by atoms with Crippen LogP contribution in [0.3, 0.4) is 0 Å². The van der Waals surface area contributed by atoms with Gasteiger partial charge in [0.05, 0.1) is 19.4 Å². The van der Waals surface area contributed by atoms with E-state index in [-0.39, 0.29) is 5.56 Å². The zero-order valence-corrected chi connectivity index (χ0v) is 10.3. The number of esters is 1. The van der Waals surface area contributed by atoms with Crippen molar-refractivity contribution in [2.24, 2.45) is 0 Å². The lowest BCUT2D eigenvalue weighted by atomic mass is 10.1. The van der Waals surface area contributed by atoms with Crippen molar-refractivity contribution >= 4 is 22.6 Å². The molecule has 0 unspecified atom stereocenters. The van der Waals surface area contributed by atoms with Gasteiger partial charge in [-0.15, -0.1) is 0 Å². The number of nitrogens with two attached hydrogens (primary N) is 1. The van der Waals surface area contributed by atoms with Crippen LogP contribution in [0.1, 0.15) is 17.3 Å². The molecule has 0 amide bonds. The molecule has 5 heteroatoms. The number of hydrogen-bond donors (Lipinski definition) is 1. The number of nitrogens with zero attached hydrogens (tertiary/aromatic N) is 1. The van der Waals surface area contributed by atoms with Crippen molar-refractivity contribution < 1.29 is 14.3 Å². The summed E-state index contributed by atoms with van der Waals surface area (Å²) >= 11 is 0. The number of benzene rings is 1. The monoisotopic (exact) mass is 246 g/mol. The number of ether oxygens (including phenoxy) is 2. The minimum atomic E-state index is -0.466. The fourth-order valence-electron chi connectivity index (χ4n) is 1.75. The van der Waals surface area contributed by atoms with Crippen molar-refractivity contribution in [3.63, 3.8) is 0 Å². The molecule has 1 aromatic heterocycles. The van der Waals surface area contributed by atoms with Crippen LogP contribution >= 0.6 is 0 Å². The number of hydrogen-bond acceptors (Lipinski definition) is 5. The van der Waals surface area contributed by atoms with Gasteiger partial charge in [-0.05, 0) is 13.0 Å². The van der Waals surface area contributed by atoms with Crippen LogP contribution in [0.5, 0.6) is 5.75 Å². The molecular formula is C13H14N2O3. The first-order chi connectivity index (χ1) is 8.69. The molecule has 0 aliphatic heterocycles. The Morgan fingerprint density at radius 3 is 2.89 bits per heavy atom. The van der Waals surface area contributed by atoms with Crippen molar-refractivity contribution in [3.8, 4) is 5.75 Å². The highest BCUT2D eigenvalue weighted by Crippen LogP contribution is 2.29. The number of methoxy groups -OCH3 is 1. The molecule has 2 aromatic rings. The second-order valence-electron chi connectivity index (χ2n) is 3.66. The maximum Gasteiger partial charge on any atom is 0.341 e. The molecule has 0 radical (unpaired) electrons. The van der Waals surface area contributed by atoms with Crippen LogP contribution in [0.2, 0.25) is 0 Å². The quantitative estimate of drug-likeness (QED) is 0.838. The zero-order valence-electron chi connectivity index (χ0n) is 10.3. The zero-order chi connectivity index (χ0) is 13.1. The number of carbonyl (C=O) groups excluding carboxylic acids is 1. The molecule has 2 rings (SSSR count). The minimum absolute atomic E-state index is 0.276. The molecular weight excluding hydrogens is 232 g/mol. The van der Waals surface area contributed by atoms with Crippen molar-refractivity contribution in [3.05, 3.63) is 30.0 Å². The van der Waals surface area contributed by atoms with E-state index in [0.717, 1.165) is 0 Å². The van der Waals surface area contributed by atoms with Crippen LogP contribution in [-0.4, -0.2) is 24.7 Å². The van der Waals surface area contributed by atoms with Gasteiger partial charge in [0.15, 0.2) is 0 Å². The summed E-state index contributed by atoms with van der Waals surface area (Å²) in [4.78, 5) is 15.9. The van der Waals surface area contributed by atoms with E-state index in [1.54, 1.807) is 32.2 Å². The highest BCUT2D eigenvalue weighted by atomic mass is 16.5. The van der Waals surface area contributed by atoms with Gasteiger partial charge in [-0.3, -0.25) is 4.98 Å². The molecule has 5 nitrogen and oxygen atoms in total. The third-order valence-corrected chi connectivity index (χ3v) is 2.62. The van der Waals surface area contributed by atoms with Gasteiger partial charge in [0, 0.05) is 11.6 Å². The molecule has 0 aliphatic carbocycles. The van der Waals surface area contributed by atoms with Gasteiger partial charge in [0.25, 0.3) is 0 Å². The number of fused-ring (bicyclic) bond motifs is 1. The second kappa shape index (κ2) is 4.91. The van der Waals surface area contributed by atoms with Gasteiger partial charge in [0.1, 0.15) is 16.8 Å². The van der Waals surface area contributed by atoms with E-state index in [4.69, 9.17) is 15.2 Å². The predicted molar refractivity (Wildman–Crippen MR) is 68.7 cm³/mol. The van der Waals surface area contributed by atoms with E-state index in [1.807, 2.05) is 0 Å². The average molecular weight is 246 g/mol. The molecule has 0 bridgehead atoms. The third kappa shape index (κ3) is 1.95. The fourth-order valence-corrected chi connectivity index (χ4v) is 1.75. The highest BCUT2D eigenvalue weighted by molar-refractivity contribution is 6.05. The van der Waals surface area contributed by atoms with Gasteiger partial charge in [-0.1, -0.05) is 12.1 Å². The number of anilines is 1. The van der Waals surface area contributed by atoms with E-state index >= 15 is 0 Å². The number of aromatic nitrogens is 1. The molecule has 18 heavy (non-hydrogen) atoms. The first-order valence-corrected chi connectivity index (χ1v) is 5.57. The van der Waals surface area contributed by atoms with Gasteiger partial charge >= 0.3 is 5.97 Å². The van der Waals surface area contributed by atoms with E-state index in [2.05, 4.69) is 4.98 Å². The number of para-hydroxylation sites is 1. The largest absolute Gasteiger partial charge is 0.494 e. The number of carbonyl (C=O) groups is 1. The minimum Gasteiger partial charge on any atom is -0.494 e. The molecule has 1 heterocycles. The Labute approximate surface area is 105 Å². The van der Waals surface area contributed by atoms with E-state index in [0.29, 0.717) is 28.9 Å². The highest BCUT2D eigenvalue weighted by Gasteiger charge is 2.15. The van der Waals surface area contributed by atoms with Gasteiger partial charge in [-0.2, -0.15) is 0 Å². The van der Waals surface area contributed by atoms with Crippen molar-refractivity contribution in [2.45, 2.75) is 6.92 Å². The van der Waals surface area contributed by atoms with Crippen LogP contribution in [0.15, 0.2) is 24.4 Å². The summed E-state index contributed by atoms with van der Waals surface area (Å²) in [6.07, 6.45) is 1.41. The van der Waals surface area contributed by atoms with Crippen LogP contribution in [0, 0.1) is 0 Å². The molecule has 0 atom stereocenters. The van der Waals surface area contributed by atoms with Gasteiger partial charge in [-0.25, -0.2) is 4.79 Å². The Morgan fingerprint density at radius 1 is 1.44 bits per heavy atom. The van der Waals surface area contributed by atoms with Gasteiger partial charge in [0.2, 0.25) is 0 Å². The van der Waals surface area contributed by atoms with Crippen LogP contribution in [0.25, 0.3) is 10.9 Å². The van der Waals surface area contributed by atoms with E-state index in [9.17, 15) is 4.79 Å². The fraction of sp³-hybridized carbons (Fsp3) is 0.231. The van der Waals surface area contributed by atoms with Crippen LogP contribution < -0.4 is 10.5 Å². The normalized spacial score (nSPS) is 10.3. The summed E-state index contributed by atoms with van der Waals surface area (Å²) in [5.74, 6) is 0.154. The topological polar surface area (TPSA) is 74.4 Å².